The van der Waals surface area contributed by atoms with Gasteiger partial charge in [-0.25, -0.2) is 0 Å². The van der Waals surface area contributed by atoms with Crippen LogP contribution in [0.1, 0.15) is 29.7 Å². The molecule has 1 aromatic heterocycles. The maximum absolute atomic E-state index is 11.8. The summed E-state index contributed by atoms with van der Waals surface area (Å²) in [5.74, 6) is 0.210. The number of aryl methyl sites for hydroxylation is 1. The molecule has 76 valence electrons. The Hall–Kier alpha value is -0.670. The van der Waals surface area contributed by atoms with E-state index in [0.29, 0.717) is 6.42 Å². The zero-order valence-corrected chi connectivity index (χ0v) is 9.19. The summed E-state index contributed by atoms with van der Waals surface area (Å²) in [5, 5.41) is 2.05. The second-order valence-corrected chi connectivity index (χ2v) is 5.29. The number of thiophene rings is 1. The maximum atomic E-state index is 11.8. The van der Waals surface area contributed by atoms with E-state index in [0.717, 1.165) is 24.8 Å². The van der Waals surface area contributed by atoms with E-state index in [1.54, 1.807) is 11.3 Å². The molecule has 2 N–H and O–H groups in total. The average Bonchev–Trinajstić information content (AvgIpc) is 2.47. The molecule has 3 heteroatoms. The number of carbonyl (C=O) groups is 1. The molecule has 1 fully saturated rings. The standard InChI is InChI=1S/C11H15NOS/c1-8-5-9(7-14-8)6-10(13)11(12)3-2-4-11/h5,7H,2-4,6,12H2,1H3. The largest absolute Gasteiger partial charge is 0.319 e. The molecule has 0 aromatic carbocycles. The highest BCUT2D eigenvalue weighted by atomic mass is 32.1. The molecule has 0 aliphatic heterocycles. The van der Waals surface area contributed by atoms with Gasteiger partial charge in [-0.05, 0) is 43.2 Å². The first kappa shape index (κ1) is 9.87. The molecule has 0 bridgehead atoms. The predicted molar refractivity (Wildman–Crippen MR) is 58.5 cm³/mol. The van der Waals surface area contributed by atoms with E-state index >= 15 is 0 Å². The van der Waals surface area contributed by atoms with Crippen LogP contribution < -0.4 is 5.73 Å². The minimum Gasteiger partial charge on any atom is -0.319 e. The van der Waals surface area contributed by atoms with Gasteiger partial charge in [0.2, 0.25) is 0 Å². The van der Waals surface area contributed by atoms with Crippen LogP contribution in [0, 0.1) is 6.92 Å². The molecule has 1 heterocycles. The van der Waals surface area contributed by atoms with E-state index in [9.17, 15) is 4.79 Å². The van der Waals surface area contributed by atoms with Gasteiger partial charge in [-0.3, -0.25) is 4.79 Å². The Bertz CT molecular complexity index is 352. The van der Waals surface area contributed by atoms with Gasteiger partial charge in [0.1, 0.15) is 0 Å². The average molecular weight is 209 g/mol. The van der Waals surface area contributed by atoms with Crippen LogP contribution in [0.2, 0.25) is 0 Å². The van der Waals surface area contributed by atoms with Crippen molar-refractivity contribution in [1.82, 2.24) is 0 Å². The van der Waals surface area contributed by atoms with E-state index in [2.05, 4.69) is 18.4 Å². The van der Waals surface area contributed by atoms with Crippen LogP contribution in [-0.2, 0) is 11.2 Å². The summed E-state index contributed by atoms with van der Waals surface area (Å²) in [6, 6.07) is 2.07. The Morgan fingerprint density at radius 2 is 2.36 bits per heavy atom. The van der Waals surface area contributed by atoms with Crippen LogP contribution >= 0.6 is 11.3 Å². The van der Waals surface area contributed by atoms with Gasteiger partial charge in [0, 0.05) is 11.3 Å². The molecule has 0 radical (unpaired) electrons. The summed E-state index contributed by atoms with van der Waals surface area (Å²) < 4.78 is 0. The summed E-state index contributed by atoms with van der Waals surface area (Å²) in [6.45, 7) is 2.06. The number of hydrogen-bond donors (Lipinski definition) is 1. The molecule has 0 saturated heterocycles. The van der Waals surface area contributed by atoms with Gasteiger partial charge in [-0.1, -0.05) is 0 Å². The summed E-state index contributed by atoms with van der Waals surface area (Å²) in [5.41, 5.74) is 6.58. The Balaban J connectivity index is 2.01. The number of Topliss-reactive ketones (excluding diaryl/α,β-unsaturated/α-hetero) is 1. The number of rotatable bonds is 3. The van der Waals surface area contributed by atoms with Crippen molar-refractivity contribution < 1.29 is 4.79 Å². The molecule has 14 heavy (non-hydrogen) atoms. The topological polar surface area (TPSA) is 43.1 Å². The summed E-state index contributed by atoms with van der Waals surface area (Å²) in [7, 11) is 0. The Morgan fingerprint density at radius 1 is 1.64 bits per heavy atom. The lowest BCUT2D eigenvalue weighted by atomic mass is 9.73. The minimum absolute atomic E-state index is 0.210. The van der Waals surface area contributed by atoms with Crippen molar-refractivity contribution >= 4 is 17.1 Å². The first-order valence-electron chi connectivity index (χ1n) is 4.96. The Morgan fingerprint density at radius 3 is 2.79 bits per heavy atom. The fraction of sp³-hybridized carbons (Fsp3) is 0.545. The first-order chi connectivity index (χ1) is 6.60. The van der Waals surface area contributed by atoms with Crippen LogP contribution in [-0.4, -0.2) is 11.3 Å². The van der Waals surface area contributed by atoms with Gasteiger partial charge in [0.15, 0.2) is 5.78 Å². The lowest BCUT2D eigenvalue weighted by Crippen LogP contribution is -2.54. The van der Waals surface area contributed by atoms with Crippen LogP contribution in [0.25, 0.3) is 0 Å². The minimum atomic E-state index is -0.490. The van der Waals surface area contributed by atoms with E-state index in [4.69, 9.17) is 5.73 Å². The lowest BCUT2D eigenvalue weighted by molar-refractivity contribution is -0.126. The molecule has 2 rings (SSSR count). The van der Waals surface area contributed by atoms with Crippen molar-refractivity contribution in [2.24, 2.45) is 5.73 Å². The van der Waals surface area contributed by atoms with Crippen LogP contribution in [0.5, 0.6) is 0 Å². The number of carbonyl (C=O) groups excluding carboxylic acids is 1. The second kappa shape index (κ2) is 3.48. The molecule has 1 aliphatic rings. The smallest absolute Gasteiger partial charge is 0.157 e. The molecule has 2 nitrogen and oxygen atoms in total. The fourth-order valence-electron chi connectivity index (χ4n) is 1.79. The van der Waals surface area contributed by atoms with Gasteiger partial charge >= 0.3 is 0 Å². The van der Waals surface area contributed by atoms with E-state index < -0.39 is 5.54 Å². The Labute approximate surface area is 88.1 Å². The highest BCUT2D eigenvalue weighted by Gasteiger charge is 2.39. The summed E-state index contributed by atoms with van der Waals surface area (Å²) in [4.78, 5) is 13.1. The second-order valence-electron chi connectivity index (χ2n) is 4.18. The predicted octanol–water partition coefficient (Wildman–Crippen LogP) is 2.05. The molecule has 0 atom stereocenters. The van der Waals surface area contributed by atoms with Gasteiger partial charge in [0.25, 0.3) is 0 Å². The molecular weight excluding hydrogens is 194 g/mol. The summed E-state index contributed by atoms with van der Waals surface area (Å²) >= 11 is 1.69. The van der Waals surface area contributed by atoms with Crippen molar-refractivity contribution in [2.45, 2.75) is 38.1 Å². The fourth-order valence-corrected chi connectivity index (χ4v) is 2.50. The zero-order valence-electron chi connectivity index (χ0n) is 8.38. The maximum Gasteiger partial charge on any atom is 0.157 e. The van der Waals surface area contributed by atoms with Crippen LogP contribution in [0.3, 0.4) is 0 Å². The molecular formula is C11H15NOS. The van der Waals surface area contributed by atoms with Gasteiger partial charge in [-0.2, -0.15) is 0 Å². The molecule has 0 unspecified atom stereocenters. The Kier molecular flexibility index (Phi) is 2.45. The lowest BCUT2D eigenvalue weighted by Gasteiger charge is -2.36. The number of hydrogen-bond acceptors (Lipinski definition) is 3. The quantitative estimate of drug-likeness (QED) is 0.828. The van der Waals surface area contributed by atoms with Crippen molar-refractivity contribution in [1.29, 1.82) is 0 Å². The van der Waals surface area contributed by atoms with E-state index in [1.807, 2.05) is 0 Å². The van der Waals surface area contributed by atoms with E-state index in [1.165, 1.54) is 4.88 Å². The summed E-state index contributed by atoms with van der Waals surface area (Å²) in [6.07, 6.45) is 3.36. The molecule has 1 saturated carbocycles. The molecule has 0 amide bonds. The van der Waals surface area contributed by atoms with Crippen molar-refractivity contribution in [3.63, 3.8) is 0 Å². The highest BCUT2D eigenvalue weighted by Crippen LogP contribution is 2.31. The third-order valence-electron chi connectivity index (χ3n) is 2.95. The monoisotopic (exact) mass is 209 g/mol. The number of ketones is 1. The third-order valence-corrected chi connectivity index (χ3v) is 3.86. The van der Waals surface area contributed by atoms with Gasteiger partial charge < -0.3 is 5.73 Å². The zero-order chi connectivity index (χ0) is 10.2. The molecule has 1 aliphatic carbocycles. The highest BCUT2D eigenvalue weighted by molar-refractivity contribution is 7.10. The van der Waals surface area contributed by atoms with Crippen molar-refractivity contribution in [2.75, 3.05) is 0 Å². The van der Waals surface area contributed by atoms with Crippen molar-refractivity contribution in [3.05, 3.63) is 21.9 Å². The van der Waals surface area contributed by atoms with Gasteiger partial charge in [-0.15, -0.1) is 11.3 Å². The van der Waals surface area contributed by atoms with Crippen LogP contribution in [0.4, 0.5) is 0 Å². The van der Waals surface area contributed by atoms with Crippen LogP contribution in [0.15, 0.2) is 11.4 Å². The number of nitrogens with two attached hydrogens (primary N) is 1. The third kappa shape index (κ3) is 1.74. The molecule has 1 aromatic rings. The first-order valence-corrected chi connectivity index (χ1v) is 5.84. The SMILES string of the molecule is Cc1cc(CC(=O)C2(N)CCC2)cs1. The van der Waals surface area contributed by atoms with Crippen molar-refractivity contribution in [3.8, 4) is 0 Å². The molecule has 0 spiro atoms. The van der Waals surface area contributed by atoms with Gasteiger partial charge in [0.05, 0.1) is 5.54 Å². The normalized spacial score (nSPS) is 19.0. The van der Waals surface area contributed by atoms with E-state index in [-0.39, 0.29) is 5.78 Å².